The molecule has 2 aromatic rings. The number of anilines is 1. The van der Waals surface area contributed by atoms with Crippen LogP contribution in [0.1, 0.15) is 28.4 Å². The lowest BCUT2D eigenvalue weighted by Crippen LogP contribution is -2.49. The van der Waals surface area contributed by atoms with Gasteiger partial charge in [0.2, 0.25) is 5.88 Å². The van der Waals surface area contributed by atoms with E-state index in [1.165, 1.54) is 16.0 Å². The van der Waals surface area contributed by atoms with Crippen LogP contribution in [0.15, 0.2) is 36.4 Å². The fourth-order valence-corrected chi connectivity index (χ4v) is 4.34. The van der Waals surface area contributed by atoms with E-state index in [2.05, 4.69) is 27.8 Å². The van der Waals surface area contributed by atoms with Crippen LogP contribution in [0.2, 0.25) is 0 Å². The standard InChI is InChI=1S/C24H31N5O5/c1-2-34-23-18(7-8-21(27-23)28-9-11-29(12-10-28)24(32)33)22(31)26-15-20(30)19-13-16-5-3-4-6-17(16)14-25-19/h3-8,19-20,25,30H,2,9-15H2,1H3,(H,26,31)(H,32,33). The molecule has 10 nitrogen and oxygen atoms in total. The average Bonchev–Trinajstić information content (AvgIpc) is 2.87. The fourth-order valence-electron chi connectivity index (χ4n) is 4.34. The normalized spacial score (nSPS) is 18.7. The first-order valence-corrected chi connectivity index (χ1v) is 11.6. The second-order valence-electron chi connectivity index (χ2n) is 8.45. The molecule has 0 saturated carbocycles. The number of carboxylic acid groups (broad SMARTS) is 1. The summed E-state index contributed by atoms with van der Waals surface area (Å²) in [6.45, 7) is 4.76. The number of rotatable bonds is 7. The Kier molecular flexibility index (Phi) is 7.49. The van der Waals surface area contributed by atoms with E-state index in [1.807, 2.05) is 24.0 Å². The van der Waals surface area contributed by atoms with Gasteiger partial charge in [0, 0.05) is 45.3 Å². The van der Waals surface area contributed by atoms with Gasteiger partial charge in [0.05, 0.1) is 12.7 Å². The number of nitrogens with one attached hydrogen (secondary N) is 2. The summed E-state index contributed by atoms with van der Waals surface area (Å²) in [5.41, 5.74) is 2.73. The molecule has 10 heteroatoms. The van der Waals surface area contributed by atoms with Crippen molar-refractivity contribution in [1.82, 2.24) is 20.5 Å². The molecule has 0 spiro atoms. The van der Waals surface area contributed by atoms with Crippen LogP contribution in [-0.2, 0) is 13.0 Å². The van der Waals surface area contributed by atoms with E-state index in [-0.39, 0.29) is 24.4 Å². The van der Waals surface area contributed by atoms with Gasteiger partial charge < -0.3 is 35.4 Å². The maximum atomic E-state index is 12.9. The minimum atomic E-state index is -0.926. The summed E-state index contributed by atoms with van der Waals surface area (Å²) in [6.07, 6.45) is -0.974. The Labute approximate surface area is 198 Å². The largest absolute Gasteiger partial charge is 0.477 e. The third-order valence-electron chi connectivity index (χ3n) is 6.29. The summed E-state index contributed by atoms with van der Waals surface area (Å²) >= 11 is 0. The second kappa shape index (κ2) is 10.7. The molecule has 2 unspecified atom stereocenters. The van der Waals surface area contributed by atoms with Gasteiger partial charge in [0.15, 0.2) is 0 Å². The van der Waals surface area contributed by atoms with Crippen molar-refractivity contribution >= 4 is 17.8 Å². The van der Waals surface area contributed by atoms with Crippen LogP contribution in [-0.4, -0.2) is 83.6 Å². The lowest BCUT2D eigenvalue weighted by atomic mass is 9.93. The first-order chi connectivity index (χ1) is 16.5. The van der Waals surface area contributed by atoms with Crippen LogP contribution < -0.4 is 20.3 Å². The number of carbonyl (C=O) groups is 2. The molecule has 2 atom stereocenters. The molecule has 3 heterocycles. The third-order valence-corrected chi connectivity index (χ3v) is 6.29. The van der Waals surface area contributed by atoms with Gasteiger partial charge in [-0.3, -0.25) is 4.79 Å². The monoisotopic (exact) mass is 469 g/mol. The Morgan fingerprint density at radius 3 is 2.62 bits per heavy atom. The van der Waals surface area contributed by atoms with E-state index >= 15 is 0 Å². The molecule has 2 amide bonds. The first-order valence-electron chi connectivity index (χ1n) is 11.6. The maximum absolute atomic E-state index is 12.9. The van der Waals surface area contributed by atoms with Crippen molar-refractivity contribution in [3.63, 3.8) is 0 Å². The highest BCUT2D eigenvalue weighted by molar-refractivity contribution is 5.96. The van der Waals surface area contributed by atoms with E-state index in [0.29, 0.717) is 57.1 Å². The van der Waals surface area contributed by atoms with E-state index in [4.69, 9.17) is 9.84 Å². The number of hydrogen-bond donors (Lipinski definition) is 4. The molecule has 1 aromatic carbocycles. The van der Waals surface area contributed by atoms with Gasteiger partial charge >= 0.3 is 6.09 Å². The van der Waals surface area contributed by atoms with Gasteiger partial charge in [-0.2, -0.15) is 4.98 Å². The Hall–Kier alpha value is -3.37. The summed E-state index contributed by atoms with van der Waals surface area (Å²) in [4.78, 5) is 31.9. The molecule has 0 radical (unpaired) electrons. The molecule has 1 fully saturated rings. The smallest absolute Gasteiger partial charge is 0.407 e. The number of aromatic nitrogens is 1. The average molecular weight is 470 g/mol. The van der Waals surface area contributed by atoms with Crippen molar-refractivity contribution in [1.29, 1.82) is 0 Å². The van der Waals surface area contributed by atoms with Crippen LogP contribution in [0.3, 0.4) is 0 Å². The number of piperazine rings is 1. The van der Waals surface area contributed by atoms with Gasteiger partial charge in [-0.05, 0) is 36.6 Å². The molecule has 34 heavy (non-hydrogen) atoms. The topological polar surface area (TPSA) is 127 Å². The van der Waals surface area contributed by atoms with Crippen molar-refractivity contribution < 1.29 is 24.5 Å². The summed E-state index contributed by atoms with van der Waals surface area (Å²) in [7, 11) is 0. The minimum Gasteiger partial charge on any atom is -0.477 e. The number of amides is 2. The highest BCUT2D eigenvalue weighted by atomic mass is 16.5. The zero-order valence-corrected chi connectivity index (χ0v) is 19.2. The van der Waals surface area contributed by atoms with Crippen LogP contribution in [0, 0.1) is 0 Å². The molecule has 4 rings (SSSR count). The first kappa shape index (κ1) is 23.8. The number of nitrogens with zero attached hydrogens (tertiary/aromatic N) is 3. The zero-order valence-electron chi connectivity index (χ0n) is 19.2. The number of benzene rings is 1. The molecule has 1 aromatic heterocycles. The van der Waals surface area contributed by atoms with Crippen LogP contribution >= 0.6 is 0 Å². The van der Waals surface area contributed by atoms with Crippen molar-refractivity contribution in [3.05, 3.63) is 53.1 Å². The second-order valence-corrected chi connectivity index (χ2v) is 8.45. The number of ether oxygens (including phenoxy) is 1. The minimum absolute atomic E-state index is 0.100. The van der Waals surface area contributed by atoms with Crippen LogP contribution in [0.4, 0.5) is 10.6 Å². The SMILES string of the molecule is CCOc1nc(N2CCN(C(=O)O)CC2)ccc1C(=O)NCC(O)C1Cc2ccccc2CN1. The van der Waals surface area contributed by atoms with Crippen molar-refractivity contribution in [2.24, 2.45) is 0 Å². The number of aliphatic hydroxyl groups excluding tert-OH is 1. The van der Waals surface area contributed by atoms with Gasteiger partial charge in [-0.25, -0.2) is 4.79 Å². The predicted molar refractivity (Wildman–Crippen MR) is 126 cm³/mol. The van der Waals surface area contributed by atoms with Gasteiger partial charge in [-0.1, -0.05) is 24.3 Å². The number of carbonyl (C=O) groups excluding carboxylic acids is 1. The van der Waals surface area contributed by atoms with E-state index in [9.17, 15) is 14.7 Å². The third kappa shape index (κ3) is 5.40. The highest BCUT2D eigenvalue weighted by Gasteiger charge is 2.26. The number of fused-ring (bicyclic) bond motifs is 1. The van der Waals surface area contributed by atoms with Crippen LogP contribution in [0.25, 0.3) is 0 Å². The summed E-state index contributed by atoms with van der Waals surface area (Å²) in [5.74, 6) is 0.487. The highest BCUT2D eigenvalue weighted by Crippen LogP contribution is 2.23. The molecular weight excluding hydrogens is 438 g/mol. The van der Waals surface area contributed by atoms with Gasteiger partial charge in [-0.15, -0.1) is 0 Å². The Morgan fingerprint density at radius 1 is 1.18 bits per heavy atom. The summed E-state index contributed by atoms with van der Waals surface area (Å²) < 4.78 is 5.63. The number of pyridine rings is 1. The number of aliphatic hydroxyl groups is 1. The predicted octanol–water partition coefficient (Wildman–Crippen LogP) is 1.09. The summed E-state index contributed by atoms with van der Waals surface area (Å²) in [5, 5.41) is 25.9. The number of hydrogen-bond acceptors (Lipinski definition) is 7. The zero-order chi connectivity index (χ0) is 24.1. The van der Waals surface area contributed by atoms with Crippen molar-refractivity contribution in [2.75, 3.05) is 44.2 Å². The van der Waals surface area contributed by atoms with Crippen molar-refractivity contribution in [3.8, 4) is 5.88 Å². The lowest BCUT2D eigenvalue weighted by Gasteiger charge is -2.34. The van der Waals surface area contributed by atoms with E-state index in [1.54, 1.807) is 12.1 Å². The Bertz CT molecular complexity index is 1020. The molecule has 2 aliphatic heterocycles. The molecular formula is C24H31N5O5. The molecule has 182 valence electrons. The molecule has 0 bridgehead atoms. The molecule has 0 aliphatic carbocycles. The Balaban J connectivity index is 1.37. The summed E-state index contributed by atoms with van der Waals surface area (Å²) in [6, 6.07) is 11.4. The maximum Gasteiger partial charge on any atom is 0.407 e. The Morgan fingerprint density at radius 2 is 1.91 bits per heavy atom. The molecule has 1 saturated heterocycles. The molecule has 2 aliphatic rings. The lowest BCUT2D eigenvalue weighted by molar-refractivity contribution is 0.0865. The van der Waals surface area contributed by atoms with Crippen LogP contribution in [0.5, 0.6) is 5.88 Å². The van der Waals surface area contributed by atoms with Gasteiger partial charge in [0.1, 0.15) is 11.4 Å². The van der Waals surface area contributed by atoms with Crippen molar-refractivity contribution in [2.45, 2.75) is 32.0 Å². The quantitative estimate of drug-likeness (QED) is 0.475. The van der Waals surface area contributed by atoms with Gasteiger partial charge in [0.25, 0.3) is 5.91 Å². The van der Waals surface area contributed by atoms with E-state index in [0.717, 1.165) is 0 Å². The molecule has 4 N–H and O–H groups in total. The fraction of sp³-hybridized carbons (Fsp3) is 0.458. The van der Waals surface area contributed by atoms with E-state index < -0.39 is 12.2 Å².